The van der Waals surface area contributed by atoms with Crippen LogP contribution < -0.4 is 9.29 Å². The van der Waals surface area contributed by atoms with Gasteiger partial charge < -0.3 is 17.9 Å². The van der Waals surface area contributed by atoms with Crippen molar-refractivity contribution < 1.29 is 13.1 Å². The van der Waals surface area contributed by atoms with Gasteiger partial charge in [-0.25, -0.2) is 0 Å². The number of para-hydroxylation sites is 2. The summed E-state index contributed by atoms with van der Waals surface area (Å²) in [6.45, 7) is -3.89. The summed E-state index contributed by atoms with van der Waals surface area (Å²) in [5.74, 6) is 0. The van der Waals surface area contributed by atoms with E-state index in [1.807, 2.05) is 30.3 Å². The second kappa shape index (κ2) is 4.11. The molecule has 0 bridgehead atoms. The minimum Gasteiger partial charge on any atom is -0.389 e. The molecule has 0 radical (unpaired) electrons. The van der Waals surface area contributed by atoms with Crippen molar-refractivity contribution in [1.82, 2.24) is 0 Å². The molecular formula is C15H9BF2N2S2. The summed E-state index contributed by atoms with van der Waals surface area (Å²) in [5, 5.41) is 1.22. The van der Waals surface area contributed by atoms with E-state index in [0.717, 1.165) is 9.60 Å². The monoisotopic (exact) mass is 330 g/mol. The SMILES string of the molecule is F[B-]1(F)N2C(=Cc3sc4ccccc4[n+]31)Sc1ccccc12. The van der Waals surface area contributed by atoms with Crippen LogP contribution in [0.25, 0.3) is 16.3 Å². The lowest BCUT2D eigenvalue weighted by molar-refractivity contribution is -0.535. The Morgan fingerprint density at radius 2 is 1.77 bits per heavy atom. The Hall–Kier alpha value is -1.86. The summed E-state index contributed by atoms with van der Waals surface area (Å²) < 4.78 is 32.7. The molecule has 7 heteroatoms. The van der Waals surface area contributed by atoms with Gasteiger partial charge in [-0.15, -0.1) is 0 Å². The van der Waals surface area contributed by atoms with Crippen molar-refractivity contribution in [3.8, 4) is 0 Å². The Bertz CT molecular complexity index is 967. The second-order valence-electron chi connectivity index (χ2n) is 5.29. The van der Waals surface area contributed by atoms with Crippen LogP contribution in [0.3, 0.4) is 0 Å². The molecule has 0 spiro atoms. The van der Waals surface area contributed by atoms with Gasteiger partial charge in [-0.2, -0.15) is 0 Å². The van der Waals surface area contributed by atoms with Crippen LogP contribution in [0.1, 0.15) is 5.01 Å². The highest BCUT2D eigenvalue weighted by atomic mass is 32.2. The van der Waals surface area contributed by atoms with Crippen LogP contribution in [0.15, 0.2) is 58.5 Å². The zero-order chi connectivity index (χ0) is 14.9. The first-order valence-electron chi connectivity index (χ1n) is 6.90. The average Bonchev–Trinajstić information content (AvgIpc) is 3.05. The number of thiazole rings is 1. The molecule has 1 aromatic heterocycles. The van der Waals surface area contributed by atoms with E-state index in [0.29, 0.717) is 21.2 Å². The number of thioether (sulfide) groups is 1. The Morgan fingerprint density at radius 3 is 2.68 bits per heavy atom. The highest BCUT2D eigenvalue weighted by Gasteiger charge is 2.56. The van der Waals surface area contributed by atoms with Gasteiger partial charge in [0, 0.05) is 22.7 Å². The number of anilines is 1. The molecule has 2 aliphatic rings. The maximum Gasteiger partial charge on any atom is 0.739 e. The van der Waals surface area contributed by atoms with Crippen LogP contribution >= 0.6 is 23.1 Å². The lowest BCUT2D eigenvalue weighted by atomic mass is 9.90. The topological polar surface area (TPSA) is 7.12 Å². The third-order valence-corrected chi connectivity index (χ3v) is 6.20. The zero-order valence-electron chi connectivity index (χ0n) is 11.2. The molecule has 0 saturated carbocycles. The van der Waals surface area contributed by atoms with Gasteiger partial charge in [-0.3, -0.25) is 0 Å². The van der Waals surface area contributed by atoms with Gasteiger partial charge in [0.2, 0.25) is 5.01 Å². The molecule has 0 unspecified atom stereocenters. The molecule has 2 aliphatic heterocycles. The molecule has 3 aromatic rings. The van der Waals surface area contributed by atoms with Crippen molar-refractivity contribution in [2.75, 3.05) is 4.81 Å². The number of benzene rings is 2. The van der Waals surface area contributed by atoms with Gasteiger partial charge in [-0.1, -0.05) is 47.4 Å². The van der Waals surface area contributed by atoms with Crippen LogP contribution in [0.2, 0.25) is 0 Å². The van der Waals surface area contributed by atoms with E-state index >= 15 is 8.63 Å². The van der Waals surface area contributed by atoms with Crippen molar-refractivity contribution >= 4 is 52.0 Å². The quantitative estimate of drug-likeness (QED) is 0.566. The largest absolute Gasteiger partial charge is 0.739 e. The molecule has 2 nitrogen and oxygen atoms in total. The fourth-order valence-corrected chi connectivity index (χ4v) is 5.45. The summed E-state index contributed by atoms with van der Waals surface area (Å²) in [4.78, 5) is 2.09. The van der Waals surface area contributed by atoms with E-state index in [1.165, 1.54) is 32.4 Å². The summed E-state index contributed by atoms with van der Waals surface area (Å²) in [6.07, 6.45) is 1.87. The molecule has 0 fully saturated rings. The Kier molecular flexibility index (Phi) is 2.37. The normalized spacial score (nSPS) is 17.9. The van der Waals surface area contributed by atoms with Crippen molar-refractivity contribution in [3.63, 3.8) is 0 Å². The predicted molar refractivity (Wildman–Crippen MR) is 88.1 cm³/mol. The van der Waals surface area contributed by atoms with Crippen molar-refractivity contribution in [3.05, 3.63) is 58.6 Å². The highest BCUT2D eigenvalue weighted by molar-refractivity contribution is 8.04. The summed E-state index contributed by atoms with van der Waals surface area (Å²) >= 11 is 2.82. The Labute approximate surface area is 133 Å². The number of fused-ring (bicyclic) bond motifs is 6. The van der Waals surface area contributed by atoms with Crippen LogP contribution in [0.4, 0.5) is 14.3 Å². The van der Waals surface area contributed by atoms with Gasteiger partial charge in [0.05, 0.1) is 9.73 Å². The summed E-state index contributed by atoms with van der Waals surface area (Å²) in [6, 6.07) is 14.7. The molecule has 2 aromatic carbocycles. The number of rotatable bonds is 0. The molecule has 0 saturated heterocycles. The fraction of sp³-hybridized carbons (Fsp3) is 0. The number of aromatic nitrogens is 1. The van der Waals surface area contributed by atoms with Gasteiger partial charge in [0.15, 0.2) is 5.52 Å². The first kappa shape index (κ1) is 12.7. The molecular weight excluding hydrogens is 321 g/mol. The van der Waals surface area contributed by atoms with E-state index < -0.39 is 6.97 Å². The lowest BCUT2D eigenvalue weighted by Crippen LogP contribution is -2.70. The third-order valence-electron chi connectivity index (χ3n) is 4.02. The molecule has 108 valence electrons. The standard InChI is InChI=1S/C15H9BF2N2S2/c17-16(18)19-10-5-1-3-7-12(10)21-14(19)9-15-20(16)11-6-2-4-8-13(11)22-15/h1-9H. The molecule has 22 heavy (non-hydrogen) atoms. The minimum atomic E-state index is -3.89. The van der Waals surface area contributed by atoms with Gasteiger partial charge in [-0.05, 0) is 18.2 Å². The predicted octanol–water partition coefficient (Wildman–Crippen LogP) is 4.34. The number of hydrogen-bond donors (Lipinski definition) is 0. The summed E-state index contributed by atoms with van der Waals surface area (Å²) in [5.41, 5.74) is 1.19. The molecule has 0 amide bonds. The van der Waals surface area contributed by atoms with Crippen molar-refractivity contribution in [2.45, 2.75) is 4.90 Å². The molecule has 0 atom stereocenters. The van der Waals surface area contributed by atoms with E-state index in [4.69, 9.17) is 0 Å². The lowest BCUT2D eigenvalue weighted by Gasteiger charge is -2.34. The number of halogens is 2. The van der Waals surface area contributed by atoms with Gasteiger partial charge in [0.1, 0.15) is 0 Å². The number of hydrogen-bond acceptors (Lipinski definition) is 3. The number of nitrogens with zero attached hydrogens (tertiary/aromatic N) is 2. The second-order valence-corrected chi connectivity index (χ2v) is 7.41. The third kappa shape index (κ3) is 1.47. The smallest absolute Gasteiger partial charge is 0.389 e. The first-order valence-corrected chi connectivity index (χ1v) is 8.53. The minimum absolute atomic E-state index is 0.595. The average molecular weight is 330 g/mol. The van der Waals surface area contributed by atoms with Crippen molar-refractivity contribution in [2.24, 2.45) is 0 Å². The fourth-order valence-electron chi connectivity index (χ4n) is 3.11. The molecule has 0 N–H and O–H groups in total. The van der Waals surface area contributed by atoms with Crippen molar-refractivity contribution in [1.29, 1.82) is 0 Å². The Balaban J connectivity index is 1.84. The maximum absolute atomic E-state index is 15.3. The Morgan fingerprint density at radius 1 is 1.00 bits per heavy atom. The highest BCUT2D eigenvalue weighted by Crippen LogP contribution is 2.50. The maximum atomic E-state index is 15.3. The van der Waals surface area contributed by atoms with E-state index in [9.17, 15) is 0 Å². The van der Waals surface area contributed by atoms with E-state index in [2.05, 4.69) is 0 Å². The van der Waals surface area contributed by atoms with Crippen LogP contribution in [0, 0.1) is 0 Å². The molecule has 0 aliphatic carbocycles. The zero-order valence-corrected chi connectivity index (χ0v) is 12.9. The molecule has 5 rings (SSSR count). The van der Waals surface area contributed by atoms with Crippen LogP contribution in [-0.2, 0) is 0 Å². The molecule has 3 heterocycles. The van der Waals surface area contributed by atoms with Gasteiger partial charge in [0.25, 0.3) is 0 Å². The van der Waals surface area contributed by atoms with Crippen LogP contribution in [0.5, 0.6) is 0 Å². The summed E-state index contributed by atoms with van der Waals surface area (Å²) in [7, 11) is 0. The van der Waals surface area contributed by atoms with Crippen LogP contribution in [-0.4, -0.2) is 6.97 Å². The van der Waals surface area contributed by atoms with Gasteiger partial charge >= 0.3 is 6.97 Å². The van der Waals surface area contributed by atoms with E-state index in [1.54, 1.807) is 24.3 Å². The van der Waals surface area contributed by atoms with E-state index in [-0.39, 0.29) is 0 Å². The first-order chi connectivity index (χ1) is 10.7.